The third kappa shape index (κ3) is 1.94. The van der Waals surface area contributed by atoms with Crippen LogP contribution in [0.4, 0.5) is 5.69 Å². The van der Waals surface area contributed by atoms with Crippen molar-refractivity contribution in [2.45, 2.75) is 0 Å². The molecule has 4 nitrogen and oxygen atoms in total. The van der Waals surface area contributed by atoms with Gasteiger partial charge in [-0.15, -0.1) is 12.4 Å². The Kier molecular flexibility index (Phi) is 2.73. The first kappa shape index (κ1) is 11.4. The number of fused-ring (bicyclic) bond motifs is 2. The minimum Gasteiger partial charge on any atom is -0.453 e. The maximum atomic E-state index is 7.51. The fraction of sp³-hybridized carbons (Fsp3) is 0. The second-order valence-electron chi connectivity index (χ2n) is 3.62. The monoisotopic (exact) mass is 247 g/mol. The molecule has 0 bridgehead atoms. The van der Waals surface area contributed by atoms with Crippen molar-refractivity contribution >= 4 is 29.2 Å². The molecule has 0 fully saturated rings. The topological polar surface area (TPSA) is 75.9 Å². The third-order valence-electron chi connectivity index (χ3n) is 2.40. The van der Waals surface area contributed by atoms with Crippen LogP contribution in [0.15, 0.2) is 40.8 Å². The number of halogens is 1. The molecule has 3 rings (SSSR count). The smallest absolute Gasteiger partial charge is 0.155 e. The summed E-state index contributed by atoms with van der Waals surface area (Å²) in [5.74, 6) is 0.602. The number of anilines is 1. The Morgan fingerprint density at radius 2 is 1.94 bits per heavy atom. The van der Waals surface area contributed by atoms with Crippen LogP contribution in [0.25, 0.3) is 22.6 Å². The van der Waals surface area contributed by atoms with E-state index in [-0.39, 0.29) is 12.4 Å². The van der Waals surface area contributed by atoms with Crippen molar-refractivity contribution in [2.75, 3.05) is 5.73 Å². The van der Waals surface area contributed by atoms with Crippen LogP contribution in [0.5, 0.6) is 0 Å². The highest BCUT2D eigenvalue weighted by Gasteiger charge is 2.07. The molecule has 1 heterocycles. The van der Waals surface area contributed by atoms with Gasteiger partial charge in [-0.1, -0.05) is 0 Å². The van der Waals surface area contributed by atoms with Crippen molar-refractivity contribution in [3.05, 3.63) is 41.8 Å². The molecule has 1 aliphatic carbocycles. The normalized spacial score (nSPS) is 10.4. The fourth-order valence-corrected chi connectivity index (χ4v) is 1.64. The molecule has 3 N–H and O–H groups in total. The lowest BCUT2D eigenvalue weighted by Crippen LogP contribution is -1.99. The van der Waals surface area contributed by atoms with E-state index in [1.807, 2.05) is 6.07 Å². The number of nitrogens with one attached hydrogen (secondary N) is 1. The molecule has 0 radical (unpaired) electrons. The summed E-state index contributed by atoms with van der Waals surface area (Å²) >= 11 is 0. The van der Waals surface area contributed by atoms with E-state index in [1.54, 1.807) is 30.3 Å². The van der Waals surface area contributed by atoms with Gasteiger partial charge in [0, 0.05) is 17.8 Å². The SMILES string of the molecule is Cl.N=c1ccc2nc3ccc(N)cc3oc-2c1. The van der Waals surface area contributed by atoms with Crippen molar-refractivity contribution in [1.29, 1.82) is 5.41 Å². The molecule has 0 saturated carbocycles. The maximum absolute atomic E-state index is 7.51. The van der Waals surface area contributed by atoms with E-state index in [1.165, 1.54) is 0 Å². The summed E-state index contributed by atoms with van der Waals surface area (Å²) in [5.41, 5.74) is 8.46. The average Bonchev–Trinajstić information content (AvgIpc) is 2.26. The number of hydrogen-bond donors (Lipinski definition) is 2. The molecule has 1 aliphatic heterocycles. The summed E-state index contributed by atoms with van der Waals surface area (Å²) < 4.78 is 5.65. The molecule has 0 aromatic heterocycles. The number of rotatable bonds is 0. The summed E-state index contributed by atoms with van der Waals surface area (Å²) in [6, 6.07) is 10.5. The van der Waals surface area contributed by atoms with Gasteiger partial charge in [0.1, 0.15) is 11.2 Å². The van der Waals surface area contributed by atoms with Gasteiger partial charge >= 0.3 is 0 Å². The lowest BCUT2D eigenvalue weighted by Gasteiger charge is -2.05. The van der Waals surface area contributed by atoms with E-state index in [9.17, 15) is 0 Å². The molecule has 0 saturated heterocycles. The molecule has 1 aromatic rings. The second kappa shape index (κ2) is 4.07. The van der Waals surface area contributed by atoms with Crippen LogP contribution >= 0.6 is 12.4 Å². The Labute approximate surface area is 103 Å². The molecule has 17 heavy (non-hydrogen) atoms. The van der Waals surface area contributed by atoms with Gasteiger partial charge < -0.3 is 15.6 Å². The van der Waals surface area contributed by atoms with E-state index in [0.717, 1.165) is 11.2 Å². The Bertz CT molecular complexity index is 708. The van der Waals surface area contributed by atoms with Crippen LogP contribution in [-0.4, -0.2) is 4.98 Å². The Morgan fingerprint density at radius 3 is 2.76 bits per heavy atom. The molecule has 0 amide bonds. The van der Waals surface area contributed by atoms with Gasteiger partial charge in [-0.05, 0) is 24.3 Å². The molecule has 1 aromatic carbocycles. The van der Waals surface area contributed by atoms with E-state index in [4.69, 9.17) is 15.6 Å². The van der Waals surface area contributed by atoms with Crippen LogP contribution in [0.1, 0.15) is 0 Å². The third-order valence-corrected chi connectivity index (χ3v) is 2.40. The van der Waals surface area contributed by atoms with Gasteiger partial charge in [-0.2, -0.15) is 0 Å². The Morgan fingerprint density at radius 1 is 1.12 bits per heavy atom. The number of nitrogens with two attached hydrogens (primary N) is 1. The molecular weight excluding hydrogens is 238 g/mol. The number of nitrogen functional groups attached to an aromatic ring is 1. The van der Waals surface area contributed by atoms with Crippen LogP contribution in [0.3, 0.4) is 0 Å². The summed E-state index contributed by atoms with van der Waals surface area (Å²) in [6.07, 6.45) is 0. The average molecular weight is 248 g/mol. The van der Waals surface area contributed by atoms with E-state index in [0.29, 0.717) is 22.4 Å². The molecule has 0 unspecified atom stereocenters. The van der Waals surface area contributed by atoms with E-state index in [2.05, 4.69) is 4.98 Å². The predicted octanol–water partition coefficient (Wildman–Crippen LogP) is 2.42. The van der Waals surface area contributed by atoms with Gasteiger partial charge in [0.05, 0.1) is 5.36 Å². The zero-order valence-electron chi connectivity index (χ0n) is 8.81. The maximum Gasteiger partial charge on any atom is 0.155 e. The lowest BCUT2D eigenvalue weighted by atomic mass is 10.2. The molecule has 5 heteroatoms. The van der Waals surface area contributed by atoms with Crippen molar-refractivity contribution in [1.82, 2.24) is 4.98 Å². The summed E-state index contributed by atoms with van der Waals surface area (Å²) in [6.45, 7) is 0. The molecular formula is C12H10ClN3O. The zero-order valence-corrected chi connectivity index (χ0v) is 9.62. The van der Waals surface area contributed by atoms with Gasteiger partial charge in [0.15, 0.2) is 11.3 Å². The predicted molar refractivity (Wildman–Crippen MR) is 68.1 cm³/mol. The Balaban J connectivity index is 0.00000108. The summed E-state index contributed by atoms with van der Waals surface area (Å²) in [4.78, 5) is 4.43. The molecule has 0 atom stereocenters. The number of hydrogen-bond acceptors (Lipinski definition) is 4. The largest absolute Gasteiger partial charge is 0.453 e. The zero-order chi connectivity index (χ0) is 11.1. The van der Waals surface area contributed by atoms with E-state index >= 15 is 0 Å². The summed E-state index contributed by atoms with van der Waals surface area (Å²) in [7, 11) is 0. The van der Waals surface area contributed by atoms with Crippen LogP contribution in [-0.2, 0) is 0 Å². The van der Waals surface area contributed by atoms with Crippen molar-refractivity contribution in [2.24, 2.45) is 0 Å². The number of benzene rings is 2. The minimum absolute atomic E-state index is 0. The van der Waals surface area contributed by atoms with Crippen molar-refractivity contribution in [3.63, 3.8) is 0 Å². The highest BCUT2D eigenvalue weighted by atomic mass is 35.5. The Hall–Kier alpha value is -2.07. The van der Waals surface area contributed by atoms with Gasteiger partial charge in [0.2, 0.25) is 0 Å². The first-order valence-electron chi connectivity index (χ1n) is 4.87. The van der Waals surface area contributed by atoms with Crippen molar-refractivity contribution < 1.29 is 4.42 Å². The number of nitrogens with zero attached hydrogens (tertiary/aromatic N) is 1. The van der Waals surface area contributed by atoms with Crippen molar-refractivity contribution in [3.8, 4) is 11.5 Å². The lowest BCUT2D eigenvalue weighted by molar-refractivity contribution is 0.612. The molecule has 2 aliphatic rings. The minimum atomic E-state index is 0. The van der Waals surface area contributed by atoms with E-state index < -0.39 is 0 Å². The highest BCUT2D eigenvalue weighted by molar-refractivity contribution is 5.85. The number of aromatic nitrogens is 1. The quantitative estimate of drug-likeness (QED) is 0.473. The van der Waals surface area contributed by atoms with Crippen LogP contribution < -0.4 is 11.1 Å². The first-order chi connectivity index (χ1) is 7.72. The van der Waals surface area contributed by atoms with Gasteiger partial charge in [0.25, 0.3) is 0 Å². The second-order valence-corrected chi connectivity index (χ2v) is 3.62. The fourth-order valence-electron chi connectivity index (χ4n) is 1.64. The standard InChI is InChI=1S/C12H9N3O.ClH/c13-7-1-3-9-11(5-7)16-12-6-8(14)2-4-10(12)15-9;/h1-6,13H,14H2;1H. The molecule has 86 valence electrons. The first-order valence-corrected chi connectivity index (χ1v) is 4.87. The van der Waals surface area contributed by atoms with Gasteiger partial charge in [-0.3, -0.25) is 0 Å². The van der Waals surface area contributed by atoms with Crippen LogP contribution in [0.2, 0.25) is 0 Å². The van der Waals surface area contributed by atoms with Gasteiger partial charge in [-0.25, -0.2) is 4.98 Å². The summed E-state index contributed by atoms with van der Waals surface area (Å²) in [5, 5.41) is 7.92. The van der Waals surface area contributed by atoms with Crippen LogP contribution in [0, 0.1) is 5.41 Å². The highest BCUT2D eigenvalue weighted by Crippen LogP contribution is 2.24. The molecule has 0 spiro atoms.